The molecule has 1 aromatic carbocycles. The number of hydrogen-bond donors (Lipinski definition) is 0. The van der Waals surface area contributed by atoms with Gasteiger partial charge in [-0.3, -0.25) is 4.79 Å². The van der Waals surface area contributed by atoms with Crippen LogP contribution in [0.1, 0.15) is 13.8 Å². The van der Waals surface area contributed by atoms with Crippen molar-refractivity contribution in [1.82, 2.24) is 0 Å². The van der Waals surface area contributed by atoms with E-state index in [0.29, 0.717) is 18.0 Å². The average molecular weight is 269 g/mol. The third kappa shape index (κ3) is 2.20. The third-order valence-electron chi connectivity index (χ3n) is 2.74. The molecule has 1 saturated heterocycles. The van der Waals surface area contributed by atoms with Gasteiger partial charge in [-0.15, -0.1) is 0 Å². The Hall–Kier alpha value is -1.56. The summed E-state index contributed by atoms with van der Waals surface area (Å²) in [5.74, 6) is -0.335. The zero-order chi connectivity index (χ0) is 13.3. The number of carbonyl (C=O) groups is 1. The van der Waals surface area contributed by atoms with Gasteiger partial charge in [-0.1, -0.05) is 6.92 Å². The Morgan fingerprint density at radius 1 is 1.33 bits per heavy atom. The molecular formula is C12H15NO4S. The zero-order valence-corrected chi connectivity index (χ0v) is 11.1. The highest BCUT2D eigenvalue weighted by atomic mass is 32.2. The van der Waals surface area contributed by atoms with Crippen molar-refractivity contribution < 1.29 is 17.9 Å². The van der Waals surface area contributed by atoms with Crippen LogP contribution in [0.3, 0.4) is 0 Å². The predicted molar refractivity (Wildman–Crippen MR) is 68.0 cm³/mol. The Morgan fingerprint density at radius 3 is 2.39 bits per heavy atom. The van der Waals surface area contributed by atoms with Gasteiger partial charge < -0.3 is 4.74 Å². The van der Waals surface area contributed by atoms with Crippen molar-refractivity contribution in [2.45, 2.75) is 13.8 Å². The van der Waals surface area contributed by atoms with Crippen LogP contribution in [0.4, 0.5) is 5.69 Å². The number of rotatable bonds is 3. The molecule has 18 heavy (non-hydrogen) atoms. The van der Waals surface area contributed by atoms with Gasteiger partial charge in [0.05, 0.1) is 24.0 Å². The topological polar surface area (TPSA) is 63.7 Å². The molecule has 0 aromatic heterocycles. The van der Waals surface area contributed by atoms with Gasteiger partial charge in [-0.2, -0.15) is 0 Å². The van der Waals surface area contributed by atoms with Gasteiger partial charge in [-0.25, -0.2) is 12.7 Å². The van der Waals surface area contributed by atoms with Crippen LogP contribution in [0, 0.1) is 5.92 Å². The maximum atomic E-state index is 11.9. The van der Waals surface area contributed by atoms with E-state index < -0.39 is 15.9 Å². The lowest BCUT2D eigenvalue weighted by atomic mass is 10.2. The number of hydrogen-bond acceptors (Lipinski definition) is 4. The number of anilines is 1. The molecule has 1 heterocycles. The van der Waals surface area contributed by atoms with Crippen molar-refractivity contribution in [2.24, 2.45) is 5.92 Å². The molecule has 1 aliphatic heterocycles. The number of ether oxygens (including phenoxy) is 1. The van der Waals surface area contributed by atoms with Crippen molar-refractivity contribution in [1.29, 1.82) is 0 Å². The lowest BCUT2D eigenvalue weighted by molar-refractivity contribution is -0.119. The van der Waals surface area contributed by atoms with Gasteiger partial charge >= 0.3 is 0 Å². The molecule has 1 amide bonds. The molecule has 1 unspecified atom stereocenters. The Labute approximate surface area is 106 Å². The number of carbonyl (C=O) groups excluding carboxylic acids is 1. The summed E-state index contributed by atoms with van der Waals surface area (Å²) in [6, 6.07) is 6.48. The van der Waals surface area contributed by atoms with Crippen LogP contribution in [-0.4, -0.2) is 26.7 Å². The molecule has 98 valence electrons. The minimum Gasteiger partial charge on any atom is -0.494 e. The fourth-order valence-corrected chi connectivity index (χ4v) is 3.75. The van der Waals surface area contributed by atoms with Crippen LogP contribution in [0.25, 0.3) is 0 Å². The smallest absolute Gasteiger partial charge is 0.244 e. The number of benzene rings is 1. The van der Waals surface area contributed by atoms with Crippen LogP contribution in [0.2, 0.25) is 0 Å². The van der Waals surface area contributed by atoms with E-state index in [0.717, 1.165) is 4.31 Å². The summed E-state index contributed by atoms with van der Waals surface area (Å²) in [6.45, 7) is 4.02. The minimum absolute atomic E-state index is 0.126. The molecule has 0 radical (unpaired) electrons. The lowest BCUT2D eigenvalue weighted by Gasteiger charge is -2.15. The molecule has 1 aromatic rings. The Bertz CT molecular complexity index is 550. The van der Waals surface area contributed by atoms with Gasteiger partial charge in [0, 0.05) is 0 Å². The molecule has 0 N–H and O–H groups in total. The molecule has 0 bridgehead atoms. The van der Waals surface area contributed by atoms with Crippen molar-refractivity contribution in [3.8, 4) is 5.75 Å². The summed E-state index contributed by atoms with van der Waals surface area (Å²) >= 11 is 0. The normalized spacial score (nSPS) is 22.2. The summed E-state index contributed by atoms with van der Waals surface area (Å²) in [7, 11) is -3.52. The lowest BCUT2D eigenvalue weighted by Crippen LogP contribution is -2.30. The summed E-state index contributed by atoms with van der Waals surface area (Å²) in [5.41, 5.74) is 0.368. The Balaban J connectivity index is 2.34. The molecular weight excluding hydrogens is 254 g/mol. The van der Waals surface area contributed by atoms with E-state index in [4.69, 9.17) is 4.74 Å². The first kappa shape index (κ1) is 12.9. The number of nitrogens with zero attached hydrogens (tertiary/aromatic N) is 1. The summed E-state index contributed by atoms with van der Waals surface area (Å²) in [4.78, 5) is 11.8. The quantitative estimate of drug-likeness (QED) is 0.832. The molecule has 5 nitrogen and oxygen atoms in total. The van der Waals surface area contributed by atoms with Gasteiger partial charge in [0.2, 0.25) is 15.9 Å². The Kier molecular flexibility index (Phi) is 3.30. The maximum absolute atomic E-state index is 11.9. The average Bonchev–Trinajstić information content (AvgIpc) is 2.50. The zero-order valence-electron chi connectivity index (χ0n) is 10.3. The first-order chi connectivity index (χ1) is 8.45. The fourth-order valence-electron chi connectivity index (χ4n) is 1.93. The van der Waals surface area contributed by atoms with Gasteiger partial charge in [0.15, 0.2) is 0 Å². The van der Waals surface area contributed by atoms with E-state index in [2.05, 4.69) is 0 Å². The molecule has 0 saturated carbocycles. The second-order valence-electron chi connectivity index (χ2n) is 4.21. The van der Waals surface area contributed by atoms with Crippen molar-refractivity contribution in [2.75, 3.05) is 16.7 Å². The summed E-state index contributed by atoms with van der Waals surface area (Å²) in [6.07, 6.45) is 0. The van der Waals surface area contributed by atoms with Gasteiger partial charge in [-0.05, 0) is 31.2 Å². The van der Waals surface area contributed by atoms with Crippen molar-refractivity contribution >= 4 is 21.6 Å². The maximum Gasteiger partial charge on any atom is 0.244 e. The summed E-state index contributed by atoms with van der Waals surface area (Å²) < 4.78 is 29.9. The second kappa shape index (κ2) is 4.61. The molecule has 1 fully saturated rings. The van der Waals surface area contributed by atoms with Crippen LogP contribution >= 0.6 is 0 Å². The second-order valence-corrected chi connectivity index (χ2v) is 6.07. The van der Waals surface area contributed by atoms with Crippen LogP contribution in [-0.2, 0) is 14.8 Å². The summed E-state index contributed by atoms with van der Waals surface area (Å²) in [5, 5.41) is 0. The molecule has 6 heteroatoms. The molecule has 1 aliphatic rings. The first-order valence-corrected chi connectivity index (χ1v) is 7.36. The van der Waals surface area contributed by atoms with E-state index in [1.165, 1.54) is 0 Å². The third-order valence-corrected chi connectivity index (χ3v) is 4.61. The van der Waals surface area contributed by atoms with Crippen LogP contribution < -0.4 is 9.04 Å². The van der Waals surface area contributed by atoms with Gasteiger partial charge in [0.1, 0.15) is 5.75 Å². The largest absolute Gasteiger partial charge is 0.494 e. The monoisotopic (exact) mass is 269 g/mol. The highest BCUT2D eigenvalue weighted by Crippen LogP contribution is 2.29. The SMILES string of the molecule is CCOc1ccc(N2C(=O)C(C)CS2(=O)=O)cc1. The van der Waals surface area contributed by atoms with Crippen molar-refractivity contribution in [3.63, 3.8) is 0 Å². The predicted octanol–water partition coefficient (Wildman–Crippen LogP) is 1.40. The number of sulfonamides is 1. The van der Waals surface area contributed by atoms with Gasteiger partial charge in [0.25, 0.3) is 0 Å². The van der Waals surface area contributed by atoms with E-state index >= 15 is 0 Å². The highest BCUT2D eigenvalue weighted by molar-refractivity contribution is 7.94. The van der Waals surface area contributed by atoms with E-state index in [1.54, 1.807) is 31.2 Å². The fraction of sp³-hybridized carbons (Fsp3) is 0.417. The minimum atomic E-state index is -3.52. The van der Waals surface area contributed by atoms with E-state index in [-0.39, 0.29) is 11.7 Å². The van der Waals surface area contributed by atoms with Crippen molar-refractivity contribution in [3.05, 3.63) is 24.3 Å². The molecule has 0 aliphatic carbocycles. The van der Waals surface area contributed by atoms with Crippen LogP contribution in [0.15, 0.2) is 24.3 Å². The Morgan fingerprint density at radius 2 is 1.94 bits per heavy atom. The van der Waals surface area contributed by atoms with Crippen LogP contribution in [0.5, 0.6) is 5.75 Å². The molecule has 1 atom stereocenters. The molecule has 0 spiro atoms. The number of amides is 1. The van der Waals surface area contributed by atoms with E-state index in [9.17, 15) is 13.2 Å². The first-order valence-electron chi connectivity index (χ1n) is 5.75. The highest BCUT2D eigenvalue weighted by Gasteiger charge is 2.41. The standard InChI is InChI=1S/C12H15NO4S/c1-3-17-11-6-4-10(5-7-11)13-12(14)9(2)8-18(13,15)16/h4-7,9H,3,8H2,1-2H3. The van der Waals surface area contributed by atoms with E-state index in [1.807, 2.05) is 6.92 Å². The molecule has 2 rings (SSSR count).